The zero-order chi connectivity index (χ0) is 14.4. The van der Waals surface area contributed by atoms with E-state index in [1.807, 2.05) is 13.8 Å². The van der Waals surface area contributed by atoms with E-state index in [2.05, 4.69) is 5.32 Å². The van der Waals surface area contributed by atoms with Gasteiger partial charge in [0.05, 0.1) is 11.0 Å². The Hall–Kier alpha value is -1.50. The second-order valence-electron chi connectivity index (χ2n) is 4.72. The van der Waals surface area contributed by atoms with E-state index in [1.165, 1.54) is 12.1 Å². The zero-order valence-electron chi connectivity index (χ0n) is 11.1. The third-order valence-corrected chi connectivity index (χ3v) is 3.26. The maximum atomic E-state index is 10.5. The Morgan fingerprint density at radius 3 is 2.37 bits per heavy atom. The van der Waals surface area contributed by atoms with Crippen LogP contribution in [0.2, 0.25) is 0 Å². The number of nitrogens with zero attached hydrogens (tertiary/aromatic N) is 1. The molecular weight excluding hydrogens is 248 g/mol. The standard InChI is InChI=1S/C13H20N2O4/c1-9(8-16)10(2)14-7-13(17)11-3-5-12(6-4-11)15(18)19/h3-6,9-10,13-14,16-17H,7-8H2,1-2H3. The number of benzene rings is 1. The minimum atomic E-state index is -0.728. The van der Waals surface area contributed by atoms with Gasteiger partial charge in [0.25, 0.3) is 5.69 Å². The number of nitrogens with one attached hydrogen (secondary N) is 1. The summed E-state index contributed by atoms with van der Waals surface area (Å²) >= 11 is 0. The molecule has 6 nitrogen and oxygen atoms in total. The van der Waals surface area contributed by atoms with E-state index in [0.29, 0.717) is 12.1 Å². The van der Waals surface area contributed by atoms with Crippen LogP contribution in [0.5, 0.6) is 0 Å². The third-order valence-electron chi connectivity index (χ3n) is 3.26. The van der Waals surface area contributed by atoms with Gasteiger partial charge in [0.15, 0.2) is 0 Å². The first-order chi connectivity index (χ1) is 8.95. The molecule has 1 aromatic carbocycles. The van der Waals surface area contributed by atoms with E-state index in [0.717, 1.165) is 0 Å². The van der Waals surface area contributed by atoms with Crippen molar-refractivity contribution in [2.75, 3.05) is 13.2 Å². The van der Waals surface area contributed by atoms with Crippen LogP contribution in [0.1, 0.15) is 25.5 Å². The number of hydrogen-bond acceptors (Lipinski definition) is 5. The fourth-order valence-electron chi connectivity index (χ4n) is 1.59. The summed E-state index contributed by atoms with van der Waals surface area (Å²) < 4.78 is 0. The molecule has 0 fully saturated rings. The number of nitro benzene ring substituents is 1. The van der Waals surface area contributed by atoms with E-state index in [4.69, 9.17) is 5.11 Å². The van der Waals surface area contributed by atoms with Gasteiger partial charge in [0.2, 0.25) is 0 Å². The Kier molecular flexibility index (Phi) is 5.88. The molecule has 106 valence electrons. The molecule has 0 spiro atoms. The lowest BCUT2D eigenvalue weighted by molar-refractivity contribution is -0.384. The normalized spacial score (nSPS) is 15.8. The van der Waals surface area contributed by atoms with Crippen LogP contribution in [-0.2, 0) is 0 Å². The van der Waals surface area contributed by atoms with E-state index in [9.17, 15) is 15.2 Å². The van der Waals surface area contributed by atoms with Gasteiger partial charge in [-0.1, -0.05) is 6.92 Å². The number of aliphatic hydroxyl groups is 2. The average molecular weight is 268 g/mol. The van der Waals surface area contributed by atoms with Gasteiger partial charge in [-0.15, -0.1) is 0 Å². The van der Waals surface area contributed by atoms with Crippen molar-refractivity contribution in [3.63, 3.8) is 0 Å². The summed E-state index contributed by atoms with van der Waals surface area (Å²) in [5, 5.41) is 32.6. The zero-order valence-corrected chi connectivity index (χ0v) is 11.1. The number of hydrogen-bond donors (Lipinski definition) is 3. The Morgan fingerprint density at radius 2 is 1.89 bits per heavy atom. The number of aliphatic hydroxyl groups excluding tert-OH is 2. The first-order valence-electron chi connectivity index (χ1n) is 6.22. The van der Waals surface area contributed by atoms with E-state index in [1.54, 1.807) is 12.1 Å². The highest BCUT2D eigenvalue weighted by atomic mass is 16.6. The lowest BCUT2D eigenvalue weighted by Crippen LogP contribution is -2.36. The summed E-state index contributed by atoms with van der Waals surface area (Å²) in [5.74, 6) is 0.101. The Balaban J connectivity index is 2.53. The molecule has 0 saturated carbocycles. The maximum absolute atomic E-state index is 10.5. The van der Waals surface area contributed by atoms with Crippen molar-refractivity contribution in [2.45, 2.75) is 26.0 Å². The summed E-state index contributed by atoms with van der Waals surface area (Å²) in [7, 11) is 0. The van der Waals surface area contributed by atoms with Crippen LogP contribution < -0.4 is 5.32 Å². The highest BCUT2D eigenvalue weighted by Crippen LogP contribution is 2.17. The molecule has 0 radical (unpaired) electrons. The summed E-state index contributed by atoms with van der Waals surface area (Å²) in [6.45, 7) is 4.27. The molecule has 0 aliphatic carbocycles. The summed E-state index contributed by atoms with van der Waals surface area (Å²) in [6, 6.07) is 5.92. The molecule has 0 saturated heterocycles. The average Bonchev–Trinajstić information content (AvgIpc) is 2.43. The van der Waals surface area contributed by atoms with Crippen molar-refractivity contribution in [3.05, 3.63) is 39.9 Å². The summed E-state index contributed by atoms with van der Waals surface area (Å²) in [6.07, 6.45) is -0.728. The molecule has 19 heavy (non-hydrogen) atoms. The molecule has 0 aliphatic rings. The van der Waals surface area contributed by atoms with Crippen molar-refractivity contribution in [3.8, 4) is 0 Å². The Morgan fingerprint density at radius 1 is 1.32 bits per heavy atom. The van der Waals surface area contributed by atoms with E-state index < -0.39 is 11.0 Å². The third kappa shape index (κ3) is 4.59. The molecule has 0 bridgehead atoms. The number of non-ortho nitro benzene ring substituents is 1. The van der Waals surface area contributed by atoms with Gasteiger partial charge in [-0.2, -0.15) is 0 Å². The van der Waals surface area contributed by atoms with E-state index >= 15 is 0 Å². The molecule has 3 atom stereocenters. The van der Waals surface area contributed by atoms with Crippen molar-refractivity contribution < 1.29 is 15.1 Å². The topological polar surface area (TPSA) is 95.6 Å². The fraction of sp³-hybridized carbons (Fsp3) is 0.538. The molecule has 1 aromatic rings. The molecule has 3 N–H and O–H groups in total. The fourth-order valence-corrected chi connectivity index (χ4v) is 1.59. The second-order valence-corrected chi connectivity index (χ2v) is 4.72. The van der Waals surface area contributed by atoms with Crippen molar-refractivity contribution in [1.29, 1.82) is 0 Å². The van der Waals surface area contributed by atoms with Crippen LogP contribution in [0.3, 0.4) is 0 Å². The van der Waals surface area contributed by atoms with Gasteiger partial charge in [0, 0.05) is 31.3 Å². The van der Waals surface area contributed by atoms with Crippen molar-refractivity contribution in [2.24, 2.45) is 5.92 Å². The Labute approximate surface area is 112 Å². The van der Waals surface area contributed by atoms with Gasteiger partial charge in [-0.3, -0.25) is 10.1 Å². The predicted octanol–water partition coefficient (Wildman–Crippen LogP) is 1.23. The SMILES string of the molecule is CC(CO)C(C)NCC(O)c1ccc([N+](=O)[O-])cc1. The minimum absolute atomic E-state index is 0.00572. The predicted molar refractivity (Wildman–Crippen MR) is 71.8 cm³/mol. The van der Waals surface area contributed by atoms with Crippen LogP contribution in [0.4, 0.5) is 5.69 Å². The van der Waals surface area contributed by atoms with Crippen LogP contribution in [-0.4, -0.2) is 34.3 Å². The molecule has 3 unspecified atom stereocenters. The van der Waals surface area contributed by atoms with Crippen LogP contribution >= 0.6 is 0 Å². The van der Waals surface area contributed by atoms with Gasteiger partial charge >= 0.3 is 0 Å². The maximum Gasteiger partial charge on any atom is 0.269 e. The lowest BCUT2D eigenvalue weighted by Gasteiger charge is -2.21. The van der Waals surface area contributed by atoms with Gasteiger partial charge in [-0.05, 0) is 30.5 Å². The van der Waals surface area contributed by atoms with Gasteiger partial charge < -0.3 is 15.5 Å². The van der Waals surface area contributed by atoms with Crippen LogP contribution in [0.25, 0.3) is 0 Å². The molecule has 0 heterocycles. The Bertz CT molecular complexity index is 408. The molecule has 6 heteroatoms. The molecular formula is C13H20N2O4. The molecule has 1 rings (SSSR count). The number of nitro groups is 1. The quantitative estimate of drug-likeness (QED) is 0.510. The largest absolute Gasteiger partial charge is 0.396 e. The summed E-state index contributed by atoms with van der Waals surface area (Å²) in [5.41, 5.74) is 0.633. The summed E-state index contributed by atoms with van der Waals surface area (Å²) in [4.78, 5) is 10.0. The number of rotatable bonds is 7. The minimum Gasteiger partial charge on any atom is -0.396 e. The molecule has 0 aliphatic heterocycles. The van der Waals surface area contributed by atoms with Crippen LogP contribution in [0.15, 0.2) is 24.3 Å². The highest BCUT2D eigenvalue weighted by Gasteiger charge is 2.14. The highest BCUT2D eigenvalue weighted by molar-refractivity contribution is 5.33. The first-order valence-corrected chi connectivity index (χ1v) is 6.22. The van der Waals surface area contributed by atoms with Gasteiger partial charge in [-0.25, -0.2) is 0 Å². The van der Waals surface area contributed by atoms with E-state index in [-0.39, 0.29) is 24.3 Å². The van der Waals surface area contributed by atoms with Crippen LogP contribution in [0, 0.1) is 16.0 Å². The molecule has 0 amide bonds. The smallest absolute Gasteiger partial charge is 0.269 e. The second kappa shape index (κ2) is 7.18. The lowest BCUT2D eigenvalue weighted by atomic mass is 10.0. The first kappa shape index (κ1) is 15.6. The molecule has 0 aromatic heterocycles. The van der Waals surface area contributed by atoms with Crippen molar-refractivity contribution in [1.82, 2.24) is 5.32 Å². The monoisotopic (exact) mass is 268 g/mol. The van der Waals surface area contributed by atoms with Gasteiger partial charge in [0.1, 0.15) is 0 Å². The van der Waals surface area contributed by atoms with Crippen molar-refractivity contribution >= 4 is 5.69 Å².